The van der Waals surface area contributed by atoms with Gasteiger partial charge < -0.3 is 9.32 Å². The van der Waals surface area contributed by atoms with Crippen LogP contribution >= 0.6 is 11.3 Å². The number of rotatable bonds is 5. The Morgan fingerprint density at radius 3 is 1.96 bits per heavy atom. The van der Waals surface area contributed by atoms with Gasteiger partial charge in [-0.05, 0) is 81.4 Å². The molecule has 0 bridgehead atoms. The van der Waals surface area contributed by atoms with Gasteiger partial charge in [0, 0.05) is 42.2 Å². The molecule has 3 heteroatoms. The van der Waals surface area contributed by atoms with Crippen LogP contribution in [-0.4, -0.2) is 0 Å². The van der Waals surface area contributed by atoms with Crippen molar-refractivity contribution in [1.29, 1.82) is 0 Å². The van der Waals surface area contributed by atoms with Crippen LogP contribution in [0.3, 0.4) is 0 Å². The first-order chi connectivity index (χ1) is 26.3. The van der Waals surface area contributed by atoms with Crippen LogP contribution in [0.1, 0.15) is 0 Å². The Balaban J connectivity index is 1.18. The Bertz CT molecular complexity index is 3200. The average Bonchev–Trinajstić information content (AvgIpc) is 3.80. The summed E-state index contributed by atoms with van der Waals surface area (Å²) >= 11 is 1.86. The highest BCUT2D eigenvalue weighted by atomic mass is 32.1. The highest BCUT2D eigenvalue weighted by Crippen LogP contribution is 2.48. The van der Waals surface area contributed by atoms with E-state index in [0.29, 0.717) is 0 Å². The molecular weight excluding hydrogens is 663 g/mol. The lowest BCUT2D eigenvalue weighted by Crippen LogP contribution is -2.11. The molecule has 0 atom stereocenters. The SMILES string of the molecule is c1cc(-c2cccc3ccccc23)cc(N(c2ccccc2-c2ccc3c(c2)sc2ccccc23)c2cccc3oc4c5ccccc5ccc4c23)c1. The fraction of sp³-hybridized carbons (Fsp3) is 0. The van der Waals surface area contributed by atoms with Crippen LogP contribution in [0.4, 0.5) is 17.1 Å². The van der Waals surface area contributed by atoms with Gasteiger partial charge in [-0.2, -0.15) is 0 Å². The minimum Gasteiger partial charge on any atom is -0.455 e. The van der Waals surface area contributed by atoms with Gasteiger partial charge in [0.2, 0.25) is 0 Å². The Hall–Kier alpha value is -6.68. The summed E-state index contributed by atoms with van der Waals surface area (Å²) < 4.78 is 9.34. The van der Waals surface area contributed by atoms with Gasteiger partial charge in [-0.1, -0.05) is 140 Å². The van der Waals surface area contributed by atoms with Crippen molar-refractivity contribution in [1.82, 2.24) is 0 Å². The van der Waals surface area contributed by atoms with Crippen molar-refractivity contribution in [2.75, 3.05) is 4.90 Å². The number of thiophene rings is 1. The molecule has 11 rings (SSSR count). The number of nitrogens with zero attached hydrogens (tertiary/aromatic N) is 1. The average molecular weight is 694 g/mol. The molecule has 53 heavy (non-hydrogen) atoms. The maximum atomic E-state index is 6.74. The summed E-state index contributed by atoms with van der Waals surface area (Å²) in [6.07, 6.45) is 0. The van der Waals surface area contributed by atoms with Gasteiger partial charge in [-0.25, -0.2) is 0 Å². The van der Waals surface area contributed by atoms with E-state index in [1.807, 2.05) is 11.3 Å². The smallest absolute Gasteiger partial charge is 0.143 e. The number of furan rings is 1. The van der Waals surface area contributed by atoms with Gasteiger partial charge in [0.1, 0.15) is 11.2 Å². The van der Waals surface area contributed by atoms with Gasteiger partial charge in [0.05, 0.1) is 16.8 Å². The van der Waals surface area contributed by atoms with E-state index >= 15 is 0 Å². The highest BCUT2D eigenvalue weighted by molar-refractivity contribution is 7.25. The molecule has 0 unspecified atom stereocenters. The van der Waals surface area contributed by atoms with Crippen LogP contribution < -0.4 is 4.90 Å². The lowest BCUT2D eigenvalue weighted by molar-refractivity contribution is 0.672. The zero-order valence-electron chi connectivity index (χ0n) is 28.7. The van der Waals surface area contributed by atoms with E-state index in [4.69, 9.17) is 4.42 Å². The van der Waals surface area contributed by atoms with E-state index in [0.717, 1.165) is 50.0 Å². The molecule has 0 saturated heterocycles. The van der Waals surface area contributed by atoms with E-state index < -0.39 is 0 Å². The fourth-order valence-corrected chi connectivity index (χ4v) is 9.37. The molecule has 2 heterocycles. The first-order valence-corrected chi connectivity index (χ1v) is 18.8. The molecule has 0 amide bonds. The Morgan fingerprint density at radius 1 is 0.396 bits per heavy atom. The minimum absolute atomic E-state index is 0.869. The molecule has 0 N–H and O–H groups in total. The standard InChI is InChI=1S/C50H31NOS/c1-3-17-37-32(12-1)14-10-21-38(37)34-15-9-16-36(30-34)51(45-23-11-24-46-49(45)43-29-26-33-13-2-4-19-40(33)50(43)52-46)44-22-7-5-18-39(44)35-27-28-42-41-20-6-8-25-47(41)53-48(42)31-35/h1-31H. The van der Waals surface area contributed by atoms with Crippen molar-refractivity contribution in [3.63, 3.8) is 0 Å². The van der Waals surface area contributed by atoms with Crippen molar-refractivity contribution >= 4 is 92.1 Å². The van der Waals surface area contributed by atoms with E-state index in [1.54, 1.807) is 0 Å². The molecule has 0 spiro atoms. The number of hydrogen-bond acceptors (Lipinski definition) is 3. The second-order valence-electron chi connectivity index (χ2n) is 13.7. The van der Waals surface area contributed by atoms with Crippen LogP contribution in [0.15, 0.2) is 192 Å². The quantitative estimate of drug-likeness (QED) is 0.178. The van der Waals surface area contributed by atoms with Gasteiger partial charge in [-0.15, -0.1) is 11.3 Å². The summed E-state index contributed by atoms with van der Waals surface area (Å²) in [7, 11) is 0. The molecular formula is C50H31NOS. The lowest BCUT2D eigenvalue weighted by atomic mass is 9.96. The molecule has 248 valence electrons. The van der Waals surface area contributed by atoms with Crippen molar-refractivity contribution in [2.45, 2.75) is 0 Å². The first-order valence-electron chi connectivity index (χ1n) is 18.0. The van der Waals surface area contributed by atoms with Crippen LogP contribution in [0, 0.1) is 0 Å². The molecule has 2 aromatic heterocycles. The van der Waals surface area contributed by atoms with Crippen LogP contribution in [-0.2, 0) is 0 Å². The van der Waals surface area contributed by atoms with Crippen LogP contribution in [0.5, 0.6) is 0 Å². The van der Waals surface area contributed by atoms with Crippen molar-refractivity contribution in [2.24, 2.45) is 0 Å². The first kappa shape index (κ1) is 30.0. The summed E-state index contributed by atoms with van der Waals surface area (Å²) in [5, 5.41) is 9.57. The molecule has 11 aromatic rings. The van der Waals surface area contributed by atoms with Gasteiger partial charge >= 0.3 is 0 Å². The summed E-state index contributed by atoms with van der Waals surface area (Å²) in [6, 6.07) is 68.0. The third kappa shape index (κ3) is 4.78. The maximum Gasteiger partial charge on any atom is 0.143 e. The summed E-state index contributed by atoms with van der Waals surface area (Å²) in [6.45, 7) is 0. The predicted octanol–water partition coefficient (Wildman–Crippen LogP) is 15.1. The Labute approximate surface area is 310 Å². The number of hydrogen-bond donors (Lipinski definition) is 0. The van der Waals surface area contributed by atoms with E-state index in [-0.39, 0.29) is 0 Å². The van der Waals surface area contributed by atoms with E-state index in [2.05, 4.69) is 193 Å². The third-order valence-corrected chi connectivity index (χ3v) is 11.8. The van der Waals surface area contributed by atoms with Crippen molar-refractivity contribution in [3.05, 3.63) is 188 Å². The predicted molar refractivity (Wildman–Crippen MR) is 227 cm³/mol. The maximum absolute atomic E-state index is 6.74. The summed E-state index contributed by atoms with van der Waals surface area (Å²) in [5.74, 6) is 0. The van der Waals surface area contributed by atoms with Gasteiger partial charge in [0.25, 0.3) is 0 Å². The Kier molecular flexibility index (Phi) is 6.76. The van der Waals surface area contributed by atoms with Gasteiger partial charge in [0.15, 0.2) is 0 Å². The highest BCUT2D eigenvalue weighted by Gasteiger charge is 2.23. The van der Waals surface area contributed by atoms with Crippen LogP contribution in [0.25, 0.3) is 85.9 Å². The second-order valence-corrected chi connectivity index (χ2v) is 14.7. The van der Waals surface area contributed by atoms with Gasteiger partial charge in [-0.3, -0.25) is 0 Å². The normalized spacial score (nSPS) is 11.8. The van der Waals surface area contributed by atoms with Crippen molar-refractivity contribution in [3.8, 4) is 22.3 Å². The van der Waals surface area contributed by atoms with E-state index in [9.17, 15) is 0 Å². The topological polar surface area (TPSA) is 16.4 Å². The number of para-hydroxylation sites is 1. The Morgan fingerprint density at radius 2 is 1.04 bits per heavy atom. The summed E-state index contributed by atoms with van der Waals surface area (Å²) in [5.41, 5.74) is 9.77. The largest absolute Gasteiger partial charge is 0.455 e. The van der Waals surface area contributed by atoms with Crippen LogP contribution in [0.2, 0.25) is 0 Å². The number of anilines is 3. The zero-order valence-corrected chi connectivity index (χ0v) is 29.5. The number of fused-ring (bicyclic) bond motifs is 9. The summed E-state index contributed by atoms with van der Waals surface area (Å²) in [4.78, 5) is 2.44. The third-order valence-electron chi connectivity index (χ3n) is 10.6. The molecule has 0 aliphatic carbocycles. The molecule has 9 aromatic carbocycles. The lowest BCUT2D eigenvalue weighted by Gasteiger charge is -2.29. The zero-order chi connectivity index (χ0) is 34.9. The molecule has 0 saturated carbocycles. The minimum atomic E-state index is 0.869. The second kappa shape index (κ2) is 11.9. The molecule has 0 aliphatic rings. The monoisotopic (exact) mass is 693 g/mol. The van der Waals surface area contributed by atoms with Crippen molar-refractivity contribution < 1.29 is 4.42 Å². The molecule has 0 radical (unpaired) electrons. The molecule has 0 fully saturated rings. The molecule has 2 nitrogen and oxygen atoms in total. The fourth-order valence-electron chi connectivity index (χ4n) is 8.23. The molecule has 0 aliphatic heterocycles. The number of benzene rings is 9. The van der Waals surface area contributed by atoms with E-state index in [1.165, 1.54) is 53.0 Å².